The molecule has 0 aromatic heterocycles. The van der Waals surface area contributed by atoms with Crippen LogP contribution in [0, 0.1) is 5.92 Å². The maximum absolute atomic E-state index is 9.39. The Morgan fingerprint density at radius 3 is 2.57 bits per heavy atom. The summed E-state index contributed by atoms with van der Waals surface area (Å²) in [5, 5.41) is 10.6. The van der Waals surface area contributed by atoms with Crippen molar-refractivity contribution in [3.05, 3.63) is 33.8 Å². The van der Waals surface area contributed by atoms with Crippen molar-refractivity contribution >= 4 is 23.2 Å². The van der Waals surface area contributed by atoms with Gasteiger partial charge in [-0.15, -0.1) is 0 Å². The van der Waals surface area contributed by atoms with Crippen LogP contribution in [-0.4, -0.2) is 11.2 Å². The summed E-state index contributed by atoms with van der Waals surface area (Å²) in [5.74, 6) is 0.858. The van der Waals surface area contributed by atoms with Gasteiger partial charge in [-0.2, -0.15) is 0 Å². The summed E-state index contributed by atoms with van der Waals surface area (Å²) < 4.78 is 0. The van der Waals surface area contributed by atoms with Crippen LogP contribution in [0.4, 0.5) is 0 Å². The van der Waals surface area contributed by atoms with Crippen LogP contribution in [0.25, 0.3) is 0 Å². The molecule has 0 radical (unpaired) electrons. The number of hydrogen-bond donors (Lipinski definition) is 1. The summed E-state index contributed by atoms with van der Waals surface area (Å²) in [4.78, 5) is 0. The second kappa shape index (κ2) is 3.73. The molecule has 1 aromatic rings. The minimum Gasteiger partial charge on any atom is -0.393 e. The lowest BCUT2D eigenvalue weighted by molar-refractivity contribution is 0.169. The van der Waals surface area contributed by atoms with E-state index in [1.54, 1.807) is 0 Å². The molecule has 0 aliphatic heterocycles. The molecule has 0 saturated heterocycles. The largest absolute Gasteiger partial charge is 0.393 e. The third-order valence-corrected chi connectivity index (χ3v) is 3.57. The Morgan fingerprint density at radius 2 is 2.07 bits per heavy atom. The van der Waals surface area contributed by atoms with Gasteiger partial charge in [0.1, 0.15) is 0 Å². The summed E-state index contributed by atoms with van der Waals surface area (Å²) >= 11 is 11.7. The van der Waals surface area contributed by atoms with Crippen LogP contribution < -0.4 is 0 Å². The van der Waals surface area contributed by atoms with E-state index in [1.807, 2.05) is 25.1 Å². The van der Waals surface area contributed by atoms with Crippen molar-refractivity contribution in [1.29, 1.82) is 0 Å². The summed E-state index contributed by atoms with van der Waals surface area (Å²) in [7, 11) is 0. The molecular formula is C11H12Cl2O. The molecule has 1 nitrogen and oxygen atoms in total. The molecule has 76 valence electrons. The van der Waals surface area contributed by atoms with Gasteiger partial charge in [0.25, 0.3) is 0 Å². The van der Waals surface area contributed by atoms with Gasteiger partial charge in [-0.3, -0.25) is 0 Å². The lowest BCUT2D eigenvalue weighted by Gasteiger charge is -2.04. The first kappa shape index (κ1) is 10.3. The molecule has 14 heavy (non-hydrogen) atoms. The van der Waals surface area contributed by atoms with Crippen molar-refractivity contribution in [3.8, 4) is 0 Å². The highest BCUT2D eigenvalue weighted by atomic mass is 35.5. The van der Waals surface area contributed by atoms with E-state index in [9.17, 15) is 5.11 Å². The first-order valence-electron chi connectivity index (χ1n) is 4.72. The van der Waals surface area contributed by atoms with Crippen molar-refractivity contribution in [2.24, 2.45) is 5.92 Å². The standard InChI is InChI=1S/C11H12Cl2O/c1-6(14)8-5-9(8)7-2-3-10(12)11(13)4-7/h2-4,6,8-9,14H,5H2,1H3. The molecule has 1 aromatic carbocycles. The van der Waals surface area contributed by atoms with Crippen LogP contribution in [0.2, 0.25) is 10.0 Å². The van der Waals surface area contributed by atoms with Crippen LogP contribution in [0.3, 0.4) is 0 Å². The van der Waals surface area contributed by atoms with Crippen LogP contribution in [0.5, 0.6) is 0 Å². The number of aliphatic hydroxyl groups excluding tert-OH is 1. The van der Waals surface area contributed by atoms with E-state index in [0.717, 1.165) is 6.42 Å². The first-order chi connectivity index (χ1) is 6.59. The fourth-order valence-electron chi connectivity index (χ4n) is 1.87. The van der Waals surface area contributed by atoms with E-state index < -0.39 is 0 Å². The zero-order valence-corrected chi connectivity index (χ0v) is 9.39. The Hall–Kier alpha value is -0.240. The highest BCUT2D eigenvalue weighted by Gasteiger charge is 2.41. The Bertz CT molecular complexity index is 349. The van der Waals surface area contributed by atoms with Crippen LogP contribution >= 0.6 is 23.2 Å². The molecule has 3 heteroatoms. The molecule has 1 fully saturated rings. The maximum Gasteiger partial charge on any atom is 0.0595 e. The summed E-state index contributed by atoms with van der Waals surface area (Å²) in [6.45, 7) is 1.84. The SMILES string of the molecule is CC(O)C1CC1c1ccc(Cl)c(Cl)c1. The zero-order chi connectivity index (χ0) is 10.3. The number of benzene rings is 1. The second-order valence-corrected chi connectivity index (χ2v) is 4.73. The van der Waals surface area contributed by atoms with E-state index in [2.05, 4.69) is 0 Å². The molecule has 0 bridgehead atoms. The first-order valence-corrected chi connectivity index (χ1v) is 5.48. The van der Waals surface area contributed by atoms with Gasteiger partial charge in [0.2, 0.25) is 0 Å². The Morgan fingerprint density at radius 1 is 1.36 bits per heavy atom. The molecule has 1 aliphatic rings. The Kier molecular flexibility index (Phi) is 2.74. The predicted molar refractivity (Wildman–Crippen MR) is 59.0 cm³/mol. The molecular weight excluding hydrogens is 219 g/mol. The quantitative estimate of drug-likeness (QED) is 0.826. The van der Waals surface area contributed by atoms with Gasteiger partial charge in [-0.25, -0.2) is 0 Å². The molecule has 1 saturated carbocycles. The van der Waals surface area contributed by atoms with Crippen LogP contribution in [0.15, 0.2) is 18.2 Å². The maximum atomic E-state index is 9.39. The lowest BCUT2D eigenvalue weighted by Crippen LogP contribution is -2.03. The predicted octanol–water partition coefficient (Wildman–Crippen LogP) is 3.48. The molecule has 1 aliphatic carbocycles. The van der Waals surface area contributed by atoms with Crippen molar-refractivity contribution in [3.63, 3.8) is 0 Å². The summed E-state index contributed by atoms with van der Waals surface area (Å²) in [5.41, 5.74) is 1.19. The average molecular weight is 231 g/mol. The normalized spacial score (nSPS) is 27.4. The van der Waals surface area contributed by atoms with E-state index in [1.165, 1.54) is 5.56 Å². The van der Waals surface area contributed by atoms with Gasteiger partial charge < -0.3 is 5.11 Å². The molecule has 0 heterocycles. The smallest absolute Gasteiger partial charge is 0.0595 e. The second-order valence-electron chi connectivity index (χ2n) is 3.92. The molecule has 3 atom stereocenters. The van der Waals surface area contributed by atoms with E-state index >= 15 is 0 Å². The molecule has 2 rings (SSSR count). The van der Waals surface area contributed by atoms with Crippen LogP contribution in [0.1, 0.15) is 24.8 Å². The minimum atomic E-state index is -0.227. The van der Waals surface area contributed by atoms with Crippen molar-refractivity contribution in [2.75, 3.05) is 0 Å². The zero-order valence-electron chi connectivity index (χ0n) is 7.87. The van der Waals surface area contributed by atoms with Crippen molar-refractivity contribution < 1.29 is 5.11 Å². The van der Waals surface area contributed by atoms with Gasteiger partial charge >= 0.3 is 0 Å². The molecule has 0 spiro atoms. The van der Waals surface area contributed by atoms with Crippen LogP contribution in [-0.2, 0) is 0 Å². The van der Waals surface area contributed by atoms with Crippen molar-refractivity contribution in [2.45, 2.75) is 25.4 Å². The molecule has 1 N–H and O–H groups in total. The number of hydrogen-bond acceptors (Lipinski definition) is 1. The van der Waals surface area contributed by atoms with E-state index in [-0.39, 0.29) is 6.10 Å². The third kappa shape index (κ3) is 1.90. The molecule has 0 amide bonds. The lowest BCUT2D eigenvalue weighted by atomic mass is 10.1. The average Bonchev–Trinajstić information content (AvgIpc) is 2.89. The fourth-order valence-corrected chi connectivity index (χ4v) is 2.18. The van der Waals surface area contributed by atoms with E-state index in [4.69, 9.17) is 23.2 Å². The van der Waals surface area contributed by atoms with Gasteiger partial charge in [-0.1, -0.05) is 29.3 Å². The van der Waals surface area contributed by atoms with Gasteiger partial charge in [0, 0.05) is 0 Å². The topological polar surface area (TPSA) is 20.2 Å². The highest BCUT2D eigenvalue weighted by molar-refractivity contribution is 6.42. The number of rotatable bonds is 2. The molecule has 3 unspecified atom stereocenters. The third-order valence-electron chi connectivity index (χ3n) is 2.83. The minimum absolute atomic E-state index is 0.227. The van der Waals surface area contributed by atoms with E-state index in [0.29, 0.717) is 21.9 Å². The number of aliphatic hydroxyl groups is 1. The summed E-state index contributed by atoms with van der Waals surface area (Å²) in [6, 6.07) is 5.70. The fraction of sp³-hybridized carbons (Fsp3) is 0.455. The van der Waals surface area contributed by atoms with Gasteiger partial charge in [0.15, 0.2) is 0 Å². The van der Waals surface area contributed by atoms with Crippen molar-refractivity contribution in [1.82, 2.24) is 0 Å². The number of halogens is 2. The highest BCUT2D eigenvalue weighted by Crippen LogP contribution is 2.50. The Labute approximate surface area is 93.7 Å². The van der Waals surface area contributed by atoms with Gasteiger partial charge in [0.05, 0.1) is 16.1 Å². The van der Waals surface area contributed by atoms with Gasteiger partial charge in [-0.05, 0) is 42.9 Å². The monoisotopic (exact) mass is 230 g/mol. The summed E-state index contributed by atoms with van der Waals surface area (Å²) in [6.07, 6.45) is 0.824. The Balaban J connectivity index is 2.16.